The van der Waals surface area contributed by atoms with Crippen LogP contribution in [0.4, 0.5) is 4.79 Å². The highest BCUT2D eigenvalue weighted by Crippen LogP contribution is 2.44. The molecule has 0 spiro atoms. The second-order valence-corrected chi connectivity index (χ2v) is 8.01. The van der Waals surface area contributed by atoms with E-state index in [2.05, 4.69) is 50.4 Å². The molecular formula is C22H28N2O2. The van der Waals surface area contributed by atoms with E-state index < -0.39 is 0 Å². The van der Waals surface area contributed by atoms with E-state index >= 15 is 0 Å². The van der Waals surface area contributed by atoms with Gasteiger partial charge in [0, 0.05) is 18.5 Å². The normalized spacial score (nSPS) is 14.5. The molecule has 0 unspecified atom stereocenters. The maximum Gasteiger partial charge on any atom is 0.407 e. The van der Waals surface area contributed by atoms with Crippen LogP contribution in [-0.4, -0.2) is 25.3 Å². The van der Waals surface area contributed by atoms with Gasteiger partial charge in [-0.2, -0.15) is 0 Å². The monoisotopic (exact) mass is 352 g/mol. The first-order valence-corrected chi connectivity index (χ1v) is 9.22. The molecule has 26 heavy (non-hydrogen) atoms. The van der Waals surface area contributed by atoms with E-state index in [1.165, 1.54) is 22.3 Å². The van der Waals surface area contributed by atoms with Crippen molar-refractivity contribution in [1.82, 2.24) is 5.32 Å². The van der Waals surface area contributed by atoms with Gasteiger partial charge >= 0.3 is 6.09 Å². The Morgan fingerprint density at radius 1 is 1.08 bits per heavy atom. The zero-order valence-corrected chi connectivity index (χ0v) is 15.8. The van der Waals surface area contributed by atoms with Gasteiger partial charge in [0.25, 0.3) is 0 Å². The van der Waals surface area contributed by atoms with Crippen molar-refractivity contribution in [3.8, 4) is 11.1 Å². The summed E-state index contributed by atoms with van der Waals surface area (Å²) in [5.74, 6) is 0.0879. The quantitative estimate of drug-likeness (QED) is 0.844. The van der Waals surface area contributed by atoms with Gasteiger partial charge in [0.1, 0.15) is 6.61 Å². The molecular weight excluding hydrogens is 324 g/mol. The number of fused-ring (bicyclic) bond motifs is 3. The number of ether oxygens (including phenoxy) is 1. The lowest BCUT2D eigenvalue weighted by Crippen LogP contribution is -2.38. The lowest BCUT2D eigenvalue weighted by atomic mass is 9.85. The van der Waals surface area contributed by atoms with E-state index in [1.54, 1.807) is 0 Å². The number of nitrogens with two attached hydrogens (primary N) is 1. The molecule has 1 aliphatic carbocycles. The number of hydrogen-bond acceptors (Lipinski definition) is 3. The summed E-state index contributed by atoms with van der Waals surface area (Å²) < 4.78 is 5.52. The molecule has 0 radical (unpaired) electrons. The van der Waals surface area contributed by atoms with Gasteiger partial charge in [-0.05, 0) is 34.1 Å². The van der Waals surface area contributed by atoms with Crippen LogP contribution in [0.25, 0.3) is 11.1 Å². The Bertz CT molecular complexity index is 734. The summed E-state index contributed by atoms with van der Waals surface area (Å²) in [5, 5.41) is 2.82. The van der Waals surface area contributed by atoms with Gasteiger partial charge in [0.2, 0.25) is 0 Å². The third-order valence-electron chi connectivity index (χ3n) is 5.18. The number of rotatable bonds is 5. The lowest BCUT2D eigenvalue weighted by molar-refractivity contribution is 0.142. The molecule has 0 saturated carbocycles. The van der Waals surface area contributed by atoms with E-state index in [1.807, 2.05) is 24.3 Å². The molecule has 4 nitrogen and oxygen atoms in total. The van der Waals surface area contributed by atoms with Crippen molar-refractivity contribution < 1.29 is 9.53 Å². The van der Waals surface area contributed by atoms with Crippen molar-refractivity contribution in [3.63, 3.8) is 0 Å². The SMILES string of the molecule is CC(C)(C)[C@H](N)CCNC(=O)OCC1c2ccccc2-c2ccccc21. The van der Waals surface area contributed by atoms with Crippen molar-refractivity contribution >= 4 is 6.09 Å². The Hall–Kier alpha value is -2.33. The average Bonchev–Trinajstić information content (AvgIpc) is 2.93. The number of hydrogen-bond donors (Lipinski definition) is 2. The fourth-order valence-corrected chi connectivity index (χ4v) is 3.41. The highest BCUT2D eigenvalue weighted by atomic mass is 16.5. The molecule has 138 valence electrons. The van der Waals surface area contributed by atoms with Crippen LogP contribution >= 0.6 is 0 Å². The predicted molar refractivity (Wildman–Crippen MR) is 105 cm³/mol. The van der Waals surface area contributed by atoms with Crippen molar-refractivity contribution in [1.29, 1.82) is 0 Å². The third kappa shape index (κ3) is 3.91. The highest BCUT2D eigenvalue weighted by molar-refractivity contribution is 5.79. The number of carbonyl (C=O) groups is 1. The van der Waals surface area contributed by atoms with Crippen LogP contribution in [0, 0.1) is 5.41 Å². The number of nitrogens with one attached hydrogen (secondary N) is 1. The molecule has 4 heteroatoms. The van der Waals surface area contributed by atoms with E-state index in [0.717, 1.165) is 6.42 Å². The minimum absolute atomic E-state index is 0.0306. The number of benzene rings is 2. The van der Waals surface area contributed by atoms with Crippen molar-refractivity contribution in [2.75, 3.05) is 13.2 Å². The van der Waals surface area contributed by atoms with E-state index in [-0.39, 0.29) is 23.5 Å². The van der Waals surface area contributed by atoms with Crippen molar-refractivity contribution in [3.05, 3.63) is 59.7 Å². The van der Waals surface area contributed by atoms with Crippen LogP contribution in [0.2, 0.25) is 0 Å². The molecule has 1 atom stereocenters. The van der Waals surface area contributed by atoms with Gasteiger partial charge in [-0.25, -0.2) is 4.79 Å². The first-order chi connectivity index (χ1) is 12.4. The lowest BCUT2D eigenvalue weighted by Gasteiger charge is -2.26. The Labute approximate surface area is 155 Å². The van der Waals surface area contributed by atoms with E-state index in [4.69, 9.17) is 10.5 Å². The molecule has 0 fully saturated rings. The predicted octanol–water partition coefficient (Wildman–Crippen LogP) is 4.29. The van der Waals surface area contributed by atoms with Gasteiger partial charge in [0.05, 0.1) is 0 Å². The number of alkyl carbamates (subject to hydrolysis) is 1. The summed E-state index contributed by atoms with van der Waals surface area (Å²) in [6.45, 7) is 7.17. The summed E-state index contributed by atoms with van der Waals surface area (Å²) in [7, 11) is 0. The Morgan fingerprint density at radius 2 is 1.62 bits per heavy atom. The molecule has 0 heterocycles. The summed E-state index contributed by atoms with van der Waals surface area (Å²) in [5.41, 5.74) is 11.1. The standard InChI is InChI=1S/C22H28N2O2/c1-22(2,3)20(23)12-13-24-21(25)26-14-19-17-10-6-4-8-15(17)16-9-5-7-11-18(16)19/h4-11,19-20H,12-14,23H2,1-3H3,(H,24,25)/t20-/m1/s1. The van der Waals surface area contributed by atoms with E-state index in [9.17, 15) is 4.79 Å². The molecule has 2 aromatic carbocycles. The average molecular weight is 352 g/mol. The Kier molecular flexibility index (Phi) is 5.33. The first-order valence-electron chi connectivity index (χ1n) is 9.22. The van der Waals surface area contributed by atoms with Crippen LogP contribution in [-0.2, 0) is 4.74 Å². The molecule has 3 N–H and O–H groups in total. The molecule has 0 saturated heterocycles. The summed E-state index contributed by atoms with van der Waals surface area (Å²) in [6.07, 6.45) is 0.348. The first kappa shape index (κ1) is 18.5. The second kappa shape index (κ2) is 7.50. The molecule has 0 bridgehead atoms. The summed E-state index contributed by atoms with van der Waals surface area (Å²) in [6, 6.07) is 16.7. The molecule has 0 aromatic heterocycles. The molecule has 2 aromatic rings. The van der Waals surface area contributed by atoms with Crippen molar-refractivity contribution in [2.45, 2.75) is 39.2 Å². The second-order valence-electron chi connectivity index (χ2n) is 8.01. The van der Waals surface area contributed by atoms with E-state index in [0.29, 0.717) is 13.2 Å². The molecule has 1 amide bonds. The van der Waals surface area contributed by atoms with Gasteiger partial charge < -0.3 is 15.8 Å². The zero-order chi connectivity index (χ0) is 18.7. The third-order valence-corrected chi connectivity index (χ3v) is 5.18. The zero-order valence-electron chi connectivity index (χ0n) is 15.8. The number of amides is 1. The molecule has 3 rings (SSSR count). The maximum absolute atomic E-state index is 12.1. The minimum Gasteiger partial charge on any atom is -0.449 e. The van der Waals surface area contributed by atoms with Crippen molar-refractivity contribution in [2.24, 2.45) is 11.1 Å². The highest BCUT2D eigenvalue weighted by Gasteiger charge is 2.29. The fraction of sp³-hybridized carbons (Fsp3) is 0.409. The molecule has 0 aliphatic heterocycles. The van der Waals surface area contributed by atoms with Crippen LogP contribution in [0.3, 0.4) is 0 Å². The number of carbonyl (C=O) groups excluding carboxylic acids is 1. The largest absolute Gasteiger partial charge is 0.449 e. The fourth-order valence-electron chi connectivity index (χ4n) is 3.41. The maximum atomic E-state index is 12.1. The smallest absolute Gasteiger partial charge is 0.407 e. The summed E-state index contributed by atoms with van der Waals surface area (Å²) >= 11 is 0. The van der Waals surface area contributed by atoms with Gasteiger partial charge in [-0.15, -0.1) is 0 Å². The Balaban J connectivity index is 1.57. The van der Waals surface area contributed by atoms with Crippen LogP contribution < -0.4 is 11.1 Å². The van der Waals surface area contributed by atoms with Crippen LogP contribution in [0.5, 0.6) is 0 Å². The van der Waals surface area contributed by atoms with Gasteiger partial charge in [-0.3, -0.25) is 0 Å². The Morgan fingerprint density at radius 3 is 2.15 bits per heavy atom. The van der Waals surface area contributed by atoms with Gasteiger partial charge in [-0.1, -0.05) is 69.3 Å². The molecule has 1 aliphatic rings. The minimum atomic E-state index is -0.382. The van der Waals surface area contributed by atoms with Gasteiger partial charge in [0.15, 0.2) is 0 Å². The van der Waals surface area contributed by atoms with Crippen LogP contribution in [0.15, 0.2) is 48.5 Å². The summed E-state index contributed by atoms with van der Waals surface area (Å²) in [4.78, 5) is 12.1. The van der Waals surface area contributed by atoms with Crippen LogP contribution in [0.1, 0.15) is 44.2 Å². The topological polar surface area (TPSA) is 64.3 Å².